The summed E-state index contributed by atoms with van der Waals surface area (Å²) in [6.07, 6.45) is 1.89. The van der Waals surface area contributed by atoms with Crippen LogP contribution in [0, 0.1) is 13.8 Å². The molecule has 1 aromatic heterocycles. The molecule has 18 heavy (non-hydrogen) atoms. The molecule has 1 aliphatic rings. The summed E-state index contributed by atoms with van der Waals surface area (Å²) in [5.41, 5.74) is 1.59. The van der Waals surface area contributed by atoms with Crippen molar-refractivity contribution in [2.45, 2.75) is 33.2 Å². The van der Waals surface area contributed by atoms with E-state index in [2.05, 4.69) is 5.16 Å². The molecule has 0 aromatic carbocycles. The average Bonchev–Trinajstić information content (AvgIpc) is 2.94. The van der Waals surface area contributed by atoms with E-state index in [1.807, 2.05) is 6.92 Å². The van der Waals surface area contributed by atoms with Crippen molar-refractivity contribution in [3.63, 3.8) is 0 Å². The average molecular weight is 273 g/mol. The fraction of sp³-hybridized carbons (Fsp3) is 0.727. The minimum atomic E-state index is -3.35. The van der Waals surface area contributed by atoms with E-state index in [1.54, 1.807) is 14.0 Å². The van der Waals surface area contributed by atoms with Gasteiger partial charge < -0.3 is 4.52 Å². The zero-order chi connectivity index (χ0) is 13.3. The molecule has 0 spiro atoms. The third kappa shape index (κ3) is 2.43. The predicted molar refractivity (Wildman–Crippen MR) is 67.2 cm³/mol. The zero-order valence-electron chi connectivity index (χ0n) is 11.0. The monoisotopic (exact) mass is 273 g/mol. The molecular weight excluding hydrogens is 254 g/mol. The molecule has 2 heterocycles. The van der Waals surface area contributed by atoms with Crippen molar-refractivity contribution in [2.75, 3.05) is 20.1 Å². The highest BCUT2D eigenvalue weighted by Gasteiger charge is 2.30. The van der Waals surface area contributed by atoms with Gasteiger partial charge in [0.15, 0.2) is 0 Å². The highest BCUT2D eigenvalue weighted by atomic mass is 32.2. The van der Waals surface area contributed by atoms with Gasteiger partial charge in [-0.2, -0.15) is 17.0 Å². The van der Waals surface area contributed by atoms with E-state index in [-0.39, 0.29) is 0 Å². The molecule has 0 aliphatic carbocycles. The summed E-state index contributed by atoms with van der Waals surface area (Å²) in [7, 11) is -1.75. The third-order valence-corrected chi connectivity index (χ3v) is 5.28. The number of hydrogen-bond acceptors (Lipinski definition) is 4. The van der Waals surface area contributed by atoms with Gasteiger partial charge in [0.2, 0.25) is 0 Å². The summed E-state index contributed by atoms with van der Waals surface area (Å²) in [6.45, 7) is 5.16. The fourth-order valence-electron chi connectivity index (χ4n) is 2.15. The molecule has 0 radical (unpaired) electrons. The smallest absolute Gasteiger partial charge is 0.282 e. The maximum absolute atomic E-state index is 12.3. The molecule has 1 fully saturated rings. The van der Waals surface area contributed by atoms with E-state index in [0.29, 0.717) is 25.4 Å². The van der Waals surface area contributed by atoms with Crippen LogP contribution in [0.2, 0.25) is 0 Å². The molecule has 1 aromatic rings. The van der Waals surface area contributed by atoms with Gasteiger partial charge in [-0.3, -0.25) is 0 Å². The summed E-state index contributed by atoms with van der Waals surface area (Å²) in [4.78, 5) is 0. The largest absolute Gasteiger partial charge is 0.361 e. The Bertz CT molecular complexity index is 498. The number of hydrogen-bond donors (Lipinski definition) is 0. The van der Waals surface area contributed by atoms with Crippen LogP contribution in [0.15, 0.2) is 4.52 Å². The summed E-state index contributed by atoms with van der Waals surface area (Å²) in [5, 5.41) is 3.84. The van der Waals surface area contributed by atoms with Gasteiger partial charge in [0.25, 0.3) is 10.2 Å². The molecule has 0 bridgehead atoms. The van der Waals surface area contributed by atoms with Crippen molar-refractivity contribution in [1.29, 1.82) is 0 Å². The first-order valence-corrected chi connectivity index (χ1v) is 7.46. The standard InChI is InChI=1S/C11H19N3O3S/c1-9-11(10(2)17-12-9)8-13(3)18(15,16)14-6-4-5-7-14/h4-8H2,1-3H3. The Kier molecular flexibility index (Phi) is 3.74. The molecule has 0 unspecified atom stereocenters. The second kappa shape index (κ2) is 4.99. The topological polar surface area (TPSA) is 66.7 Å². The molecule has 6 nitrogen and oxygen atoms in total. The number of aryl methyl sites for hydroxylation is 2. The molecule has 0 amide bonds. The number of nitrogens with zero attached hydrogens (tertiary/aromatic N) is 3. The van der Waals surface area contributed by atoms with E-state index in [1.165, 1.54) is 8.61 Å². The molecule has 0 atom stereocenters. The van der Waals surface area contributed by atoms with Crippen LogP contribution in [0.5, 0.6) is 0 Å². The van der Waals surface area contributed by atoms with Gasteiger partial charge in [-0.15, -0.1) is 0 Å². The van der Waals surface area contributed by atoms with Crippen LogP contribution in [-0.4, -0.2) is 42.3 Å². The Morgan fingerprint density at radius 1 is 1.33 bits per heavy atom. The lowest BCUT2D eigenvalue weighted by Crippen LogP contribution is -2.39. The molecule has 1 saturated heterocycles. The Hall–Kier alpha value is -0.920. The van der Waals surface area contributed by atoms with Crippen LogP contribution in [-0.2, 0) is 16.8 Å². The van der Waals surface area contributed by atoms with E-state index in [4.69, 9.17) is 4.52 Å². The van der Waals surface area contributed by atoms with E-state index in [9.17, 15) is 8.42 Å². The molecule has 7 heteroatoms. The van der Waals surface area contributed by atoms with Crippen molar-refractivity contribution in [3.05, 3.63) is 17.0 Å². The van der Waals surface area contributed by atoms with E-state index in [0.717, 1.165) is 24.1 Å². The molecule has 102 valence electrons. The van der Waals surface area contributed by atoms with Gasteiger partial charge in [-0.1, -0.05) is 5.16 Å². The molecule has 0 N–H and O–H groups in total. The van der Waals surface area contributed by atoms with Crippen LogP contribution in [0.1, 0.15) is 29.9 Å². The molecule has 0 saturated carbocycles. The lowest BCUT2D eigenvalue weighted by molar-refractivity contribution is 0.381. The van der Waals surface area contributed by atoms with Gasteiger partial charge in [0.1, 0.15) is 5.76 Å². The van der Waals surface area contributed by atoms with Gasteiger partial charge >= 0.3 is 0 Å². The third-order valence-electron chi connectivity index (χ3n) is 3.35. The quantitative estimate of drug-likeness (QED) is 0.823. The Morgan fingerprint density at radius 2 is 1.94 bits per heavy atom. The second-order valence-electron chi connectivity index (χ2n) is 4.67. The Balaban J connectivity index is 2.14. The van der Waals surface area contributed by atoms with Gasteiger partial charge in [0, 0.05) is 32.2 Å². The fourth-order valence-corrected chi connectivity index (χ4v) is 3.55. The van der Waals surface area contributed by atoms with Crippen LogP contribution in [0.4, 0.5) is 0 Å². The van der Waals surface area contributed by atoms with E-state index < -0.39 is 10.2 Å². The van der Waals surface area contributed by atoms with Crippen LogP contribution < -0.4 is 0 Å². The van der Waals surface area contributed by atoms with Crippen molar-refractivity contribution in [1.82, 2.24) is 13.8 Å². The highest BCUT2D eigenvalue weighted by molar-refractivity contribution is 7.86. The molecule has 1 aliphatic heterocycles. The number of rotatable bonds is 4. The van der Waals surface area contributed by atoms with Gasteiger partial charge in [-0.25, -0.2) is 0 Å². The zero-order valence-corrected chi connectivity index (χ0v) is 11.8. The molecular formula is C11H19N3O3S. The SMILES string of the molecule is Cc1noc(C)c1CN(C)S(=O)(=O)N1CCCC1. The van der Waals surface area contributed by atoms with Crippen LogP contribution in [0.3, 0.4) is 0 Å². The second-order valence-corrected chi connectivity index (χ2v) is 6.71. The summed E-state index contributed by atoms with van der Waals surface area (Å²) >= 11 is 0. The molecule has 2 rings (SSSR count). The Morgan fingerprint density at radius 3 is 2.44 bits per heavy atom. The first kappa shape index (κ1) is 13.5. The lowest BCUT2D eigenvalue weighted by Gasteiger charge is -2.23. The first-order valence-electron chi connectivity index (χ1n) is 6.06. The lowest BCUT2D eigenvalue weighted by atomic mass is 10.2. The summed E-state index contributed by atoms with van der Waals surface area (Å²) in [5.74, 6) is 0.677. The summed E-state index contributed by atoms with van der Waals surface area (Å²) < 4.78 is 32.5. The maximum Gasteiger partial charge on any atom is 0.282 e. The van der Waals surface area contributed by atoms with Crippen molar-refractivity contribution >= 4 is 10.2 Å². The van der Waals surface area contributed by atoms with Crippen molar-refractivity contribution in [2.24, 2.45) is 0 Å². The predicted octanol–water partition coefficient (Wildman–Crippen LogP) is 1.06. The number of aromatic nitrogens is 1. The summed E-state index contributed by atoms with van der Waals surface area (Å²) in [6, 6.07) is 0. The van der Waals surface area contributed by atoms with Gasteiger partial charge in [-0.05, 0) is 26.7 Å². The van der Waals surface area contributed by atoms with Gasteiger partial charge in [0.05, 0.1) is 5.69 Å². The highest BCUT2D eigenvalue weighted by Crippen LogP contribution is 2.20. The van der Waals surface area contributed by atoms with Crippen LogP contribution in [0.25, 0.3) is 0 Å². The van der Waals surface area contributed by atoms with Crippen molar-refractivity contribution in [3.8, 4) is 0 Å². The first-order chi connectivity index (χ1) is 8.43. The normalized spacial score (nSPS) is 17.8. The minimum absolute atomic E-state index is 0.306. The maximum atomic E-state index is 12.3. The minimum Gasteiger partial charge on any atom is -0.361 e. The van der Waals surface area contributed by atoms with Crippen molar-refractivity contribution < 1.29 is 12.9 Å². The van der Waals surface area contributed by atoms with E-state index >= 15 is 0 Å². The van der Waals surface area contributed by atoms with Crippen LogP contribution >= 0.6 is 0 Å². The Labute approximate surface area is 108 Å².